The van der Waals surface area contributed by atoms with E-state index in [2.05, 4.69) is 0 Å². The average Bonchev–Trinajstić information content (AvgIpc) is 2.53. The number of rotatable bonds is 3. The second-order valence-corrected chi connectivity index (χ2v) is 6.09. The van der Waals surface area contributed by atoms with Gasteiger partial charge < -0.3 is 4.74 Å². The van der Waals surface area contributed by atoms with E-state index in [1.165, 1.54) is 18.4 Å². The molecule has 2 rings (SSSR count). The first-order chi connectivity index (χ1) is 6.18. The van der Waals surface area contributed by atoms with Gasteiger partial charge in [-0.1, -0.05) is 0 Å². The number of allylic oxidation sites excluding steroid dienone is 1. The monoisotopic (exact) mass is 202 g/mol. The summed E-state index contributed by atoms with van der Waals surface area (Å²) in [6.45, 7) is 0.353. The van der Waals surface area contributed by atoms with Crippen molar-refractivity contribution in [1.82, 2.24) is 0 Å². The van der Waals surface area contributed by atoms with E-state index in [1.807, 2.05) is 0 Å². The maximum Gasteiger partial charge on any atom is 0.158 e. The lowest BCUT2D eigenvalue weighted by Gasteiger charge is -1.98. The minimum Gasteiger partial charge on any atom is -0.500 e. The van der Waals surface area contributed by atoms with Crippen molar-refractivity contribution < 1.29 is 13.2 Å². The van der Waals surface area contributed by atoms with Crippen LogP contribution in [0, 0.1) is 0 Å². The van der Waals surface area contributed by atoms with Gasteiger partial charge in [0.15, 0.2) is 9.84 Å². The fraction of sp³-hybridized carbons (Fsp3) is 0.778. The van der Waals surface area contributed by atoms with E-state index in [1.54, 1.807) is 6.26 Å². The van der Waals surface area contributed by atoms with Crippen LogP contribution >= 0.6 is 0 Å². The Morgan fingerprint density at radius 1 is 1.38 bits per heavy atom. The smallest absolute Gasteiger partial charge is 0.158 e. The SMILES string of the molecule is O=S1(=O)CC1COC=C1CCCC1. The molecule has 13 heavy (non-hydrogen) atoms. The van der Waals surface area contributed by atoms with Crippen molar-refractivity contribution >= 4 is 9.84 Å². The van der Waals surface area contributed by atoms with Gasteiger partial charge in [0.25, 0.3) is 0 Å². The first-order valence-electron chi connectivity index (χ1n) is 4.69. The van der Waals surface area contributed by atoms with Crippen molar-refractivity contribution in [2.24, 2.45) is 0 Å². The van der Waals surface area contributed by atoms with Crippen LogP contribution in [0.3, 0.4) is 0 Å². The van der Waals surface area contributed by atoms with E-state index in [0.717, 1.165) is 12.8 Å². The lowest BCUT2D eigenvalue weighted by atomic mass is 10.3. The van der Waals surface area contributed by atoms with Gasteiger partial charge in [-0.25, -0.2) is 8.42 Å². The van der Waals surface area contributed by atoms with E-state index >= 15 is 0 Å². The van der Waals surface area contributed by atoms with Gasteiger partial charge in [0, 0.05) is 0 Å². The zero-order chi connectivity index (χ0) is 9.31. The van der Waals surface area contributed by atoms with Crippen LogP contribution in [0.5, 0.6) is 0 Å². The molecule has 3 nitrogen and oxygen atoms in total. The first-order valence-corrected chi connectivity index (χ1v) is 6.41. The largest absolute Gasteiger partial charge is 0.500 e. The lowest BCUT2D eigenvalue weighted by Crippen LogP contribution is -1.98. The third kappa shape index (κ3) is 2.24. The number of hydrogen-bond acceptors (Lipinski definition) is 3. The van der Waals surface area contributed by atoms with Crippen LogP contribution < -0.4 is 0 Å². The molecule has 1 saturated carbocycles. The van der Waals surface area contributed by atoms with Gasteiger partial charge in [0.2, 0.25) is 0 Å². The molecule has 0 aromatic rings. The maximum absolute atomic E-state index is 10.8. The van der Waals surface area contributed by atoms with Crippen LogP contribution in [0.4, 0.5) is 0 Å². The quantitative estimate of drug-likeness (QED) is 0.511. The summed E-state index contributed by atoms with van der Waals surface area (Å²) in [4.78, 5) is 0. The van der Waals surface area contributed by atoms with Gasteiger partial charge in [0.1, 0.15) is 11.9 Å². The molecule has 4 heteroatoms. The van der Waals surface area contributed by atoms with Crippen molar-refractivity contribution in [2.75, 3.05) is 12.4 Å². The van der Waals surface area contributed by atoms with Crippen LogP contribution in [0.25, 0.3) is 0 Å². The molecule has 1 aliphatic carbocycles. The summed E-state index contributed by atoms with van der Waals surface area (Å²) in [5.41, 5.74) is 1.33. The Morgan fingerprint density at radius 2 is 2.00 bits per heavy atom. The third-order valence-corrected chi connectivity index (χ3v) is 4.35. The van der Waals surface area contributed by atoms with Gasteiger partial charge in [0.05, 0.1) is 12.0 Å². The predicted molar refractivity (Wildman–Crippen MR) is 50.1 cm³/mol. The average molecular weight is 202 g/mol. The fourth-order valence-electron chi connectivity index (χ4n) is 1.59. The molecule has 0 bridgehead atoms. The molecule has 2 fully saturated rings. The van der Waals surface area contributed by atoms with E-state index < -0.39 is 9.84 Å². The molecule has 1 heterocycles. The third-order valence-electron chi connectivity index (χ3n) is 2.59. The Balaban J connectivity index is 1.72. The van der Waals surface area contributed by atoms with Crippen LogP contribution in [0.2, 0.25) is 0 Å². The zero-order valence-corrected chi connectivity index (χ0v) is 8.35. The van der Waals surface area contributed by atoms with Gasteiger partial charge in [-0.05, 0) is 31.3 Å². The summed E-state index contributed by atoms with van der Waals surface area (Å²) in [6, 6.07) is 0. The van der Waals surface area contributed by atoms with E-state index in [9.17, 15) is 8.42 Å². The normalized spacial score (nSPS) is 30.2. The predicted octanol–water partition coefficient (Wildman–Crippen LogP) is 1.26. The molecule has 1 atom stereocenters. The van der Waals surface area contributed by atoms with Crippen molar-refractivity contribution in [2.45, 2.75) is 30.9 Å². The maximum atomic E-state index is 10.8. The Bertz CT molecular complexity index is 308. The van der Waals surface area contributed by atoms with Crippen LogP contribution in [0.1, 0.15) is 25.7 Å². The van der Waals surface area contributed by atoms with Gasteiger partial charge in [-0.3, -0.25) is 0 Å². The molecule has 0 amide bonds. The molecule has 74 valence electrons. The molecule has 1 saturated heterocycles. The molecular formula is C9H14O3S. The minimum absolute atomic E-state index is 0.217. The number of hydrogen-bond donors (Lipinski definition) is 0. The number of sulfone groups is 1. The second-order valence-electron chi connectivity index (χ2n) is 3.77. The summed E-state index contributed by atoms with van der Waals surface area (Å²) >= 11 is 0. The van der Waals surface area contributed by atoms with Crippen LogP contribution in [-0.2, 0) is 14.6 Å². The van der Waals surface area contributed by atoms with Crippen molar-refractivity contribution in [3.63, 3.8) is 0 Å². The molecule has 1 unspecified atom stereocenters. The Labute approximate surface area is 78.7 Å². The highest BCUT2D eigenvalue weighted by molar-refractivity contribution is 7.99. The molecule has 0 aromatic heterocycles. The second kappa shape index (κ2) is 3.33. The highest BCUT2D eigenvalue weighted by Gasteiger charge is 2.43. The van der Waals surface area contributed by atoms with E-state index in [0.29, 0.717) is 12.4 Å². The van der Waals surface area contributed by atoms with E-state index in [4.69, 9.17) is 4.74 Å². The highest BCUT2D eigenvalue weighted by atomic mass is 32.2. The molecule has 1 aliphatic heterocycles. The summed E-state index contributed by atoms with van der Waals surface area (Å²) in [6.07, 6.45) is 6.50. The lowest BCUT2D eigenvalue weighted by molar-refractivity contribution is 0.255. The van der Waals surface area contributed by atoms with Crippen molar-refractivity contribution in [3.05, 3.63) is 11.8 Å². The summed E-state index contributed by atoms with van der Waals surface area (Å²) in [5, 5.41) is -0.217. The van der Waals surface area contributed by atoms with Crippen molar-refractivity contribution in [3.8, 4) is 0 Å². The minimum atomic E-state index is -2.71. The molecule has 0 spiro atoms. The Hall–Kier alpha value is -0.510. The molecular weight excluding hydrogens is 188 g/mol. The van der Waals surface area contributed by atoms with Gasteiger partial charge >= 0.3 is 0 Å². The highest BCUT2D eigenvalue weighted by Crippen LogP contribution is 2.25. The van der Waals surface area contributed by atoms with Crippen LogP contribution in [0.15, 0.2) is 11.8 Å². The fourth-order valence-corrected chi connectivity index (χ4v) is 2.75. The molecule has 0 aromatic carbocycles. The van der Waals surface area contributed by atoms with E-state index in [-0.39, 0.29) is 5.25 Å². The zero-order valence-electron chi connectivity index (χ0n) is 7.53. The first kappa shape index (κ1) is 9.06. The Kier molecular flexibility index (Phi) is 2.32. The summed E-state index contributed by atoms with van der Waals surface area (Å²) in [5.74, 6) is 0.316. The molecule has 0 N–H and O–H groups in total. The summed E-state index contributed by atoms with van der Waals surface area (Å²) < 4.78 is 26.8. The van der Waals surface area contributed by atoms with Crippen LogP contribution in [-0.4, -0.2) is 26.0 Å². The van der Waals surface area contributed by atoms with Crippen molar-refractivity contribution in [1.29, 1.82) is 0 Å². The molecule has 0 radical (unpaired) electrons. The molecule has 2 aliphatic rings. The topological polar surface area (TPSA) is 43.4 Å². The number of ether oxygens (including phenoxy) is 1. The Morgan fingerprint density at radius 3 is 2.54 bits per heavy atom. The summed E-state index contributed by atoms with van der Waals surface area (Å²) in [7, 11) is -2.71. The van der Waals surface area contributed by atoms with Gasteiger partial charge in [-0.2, -0.15) is 0 Å². The standard InChI is InChI=1S/C9H14O3S/c10-13(11)7-9(13)6-12-5-8-3-1-2-4-8/h5,9H,1-4,6-7H2. The van der Waals surface area contributed by atoms with Gasteiger partial charge in [-0.15, -0.1) is 0 Å².